The Morgan fingerprint density at radius 2 is 1.67 bits per heavy atom. The maximum absolute atomic E-state index is 12.4. The number of carbonyl (C=O) groups excluding carboxylic acids is 2. The minimum Gasteiger partial charge on any atom is -0.465 e. The summed E-state index contributed by atoms with van der Waals surface area (Å²) in [5.74, 6) is 0.514. The van der Waals surface area contributed by atoms with Crippen LogP contribution in [0.1, 0.15) is 66.7 Å². The summed E-state index contributed by atoms with van der Waals surface area (Å²) in [6.45, 7) is 7.04. The van der Waals surface area contributed by atoms with Gasteiger partial charge in [-0.1, -0.05) is 20.3 Å². The summed E-state index contributed by atoms with van der Waals surface area (Å²) in [5, 5.41) is 49.8. The molecule has 0 aromatic rings. The second-order valence-electron chi connectivity index (χ2n) is 11.2. The van der Waals surface area contributed by atoms with Crippen LogP contribution in [0.4, 0.5) is 4.79 Å². The Kier molecular flexibility index (Phi) is 7.12. The summed E-state index contributed by atoms with van der Waals surface area (Å²) in [6, 6.07) is 0.224. The number of fused-ring (bicyclic) bond motifs is 1. The number of unbranched alkanes of at least 4 members (excludes halogenated alkanes) is 1. The smallest absolute Gasteiger partial charge is 0.315 e. The third-order valence-electron chi connectivity index (χ3n) is 8.99. The molecule has 8 atom stereocenters. The summed E-state index contributed by atoms with van der Waals surface area (Å²) >= 11 is 1.84. The Morgan fingerprint density at radius 1 is 1.03 bits per heavy atom. The number of nitrogens with one attached hydrogen (secondary N) is 2. The third kappa shape index (κ3) is 4.26. The van der Waals surface area contributed by atoms with Gasteiger partial charge >= 0.3 is 12.0 Å². The summed E-state index contributed by atoms with van der Waals surface area (Å²) in [6.07, 6.45) is 2.78. The second-order valence-corrected chi connectivity index (χ2v) is 12.5. The van der Waals surface area contributed by atoms with Gasteiger partial charge in [-0.3, -0.25) is 4.79 Å². The van der Waals surface area contributed by atoms with Crippen molar-refractivity contribution in [2.45, 2.75) is 101 Å². The first-order valence-corrected chi connectivity index (χ1v) is 12.8. The lowest BCUT2D eigenvalue weighted by Gasteiger charge is -2.66. The largest absolute Gasteiger partial charge is 0.465 e. The van der Waals surface area contributed by atoms with E-state index in [0.717, 1.165) is 18.6 Å². The molecule has 0 bridgehead atoms. The first-order chi connectivity index (χ1) is 15.1. The maximum atomic E-state index is 12.4. The number of rotatable bonds is 8. The van der Waals surface area contributed by atoms with Crippen LogP contribution in [-0.4, -0.2) is 85.5 Å². The molecule has 0 aromatic carbocycles. The van der Waals surface area contributed by atoms with Gasteiger partial charge in [0.2, 0.25) is 0 Å². The predicted molar refractivity (Wildman–Crippen MR) is 125 cm³/mol. The number of hydrogen-bond donors (Lipinski definition) is 6. The fraction of sp³-hybridized carbons (Fsp3) is 0.913. The van der Waals surface area contributed by atoms with E-state index in [1.807, 2.05) is 11.8 Å². The van der Waals surface area contributed by atoms with E-state index in [1.54, 1.807) is 13.8 Å². The highest BCUT2D eigenvalue weighted by Gasteiger charge is 2.72. The first-order valence-electron chi connectivity index (χ1n) is 11.7. The number of amides is 2. The van der Waals surface area contributed by atoms with Crippen LogP contribution in [0.15, 0.2) is 0 Å². The number of thioether (sulfide) groups is 1. The van der Waals surface area contributed by atoms with Gasteiger partial charge < -0.3 is 35.8 Å². The van der Waals surface area contributed by atoms with E-state index in [2.05, 4.69) is 10.6 Å². The number of ether oxygens (including phenoxy) is 1. The molecular weight excluding hydrogens is 448 g/mol. The van der Waals surface area contributed by atoms with Crippen molar-refractivity contribution in [3.8, 4) is 0 Å². The summed E-state index contributed by atoms with van der Waals surface area (Å²) in [7, 11) is 0. The quantitative estimate of drug-likeness (QED) is 0.168. The molecule has 2 saturated heterocycles. The summed E-state index contributed by atoms with van der Waals surface area (Å²) in [5.41, 5.74) is -7.71. The van der Waals surface area contributed by atoms with Crippen LogP contribution in [0.3, 0.4) is 0 Å². The van der Waals surface area contributed by atoms with Gasteiger partial charge in [-0.05, 0) is 40.0 Å². The number of hydrogen-bond acceptors (Lipinski definition) is 8. The molecule has 2 aliphatic heterocycles. The molecule has 1 aliphatic carbocycles. The van der Waals surface area contributed by atoms with Crippen molar-refractivity contribution < 1.29 is 34.8 Å². The van der Waals surface area contributed by atoms with Crippen LogP contribution in [0.2, 0.25) is 0 Å². The molecule has 2 amide bonds. The molecule has 6 N–H and O–H groups in total. The Bertz CT molecular complexity index is 774. The van der Waals surface area contributed by atoms with Crippen molar-refractivity contribution >= 4 is 23.8 Å². The van der Waals surface area contributed by atoms with Crippen LogP contribution in [0.5, 0.6) is 0 Å². The van der Waals surface area contributed by atoms with Gasteiger partial charge in [0.15, 0.2) is 0 Å². The highest BCUT2D eigenvalue weighted by atomic mass is 32.2. The second kappa shape index (κ2) is 8.86. The van der Waals surface area contributed by atoms with Crippen LogP contribution in [0, 0.1) is 10.8 Å². The zero-order chi connectivity index (χ0) is 24.9. The van der Waals surface area contributed by atoms with Crippen LogP contribution < -0.4 is 10.6 Å². The van der Waals surface area contributed by atoms with Gasteiger partial charge in [0.1, 0.15) is 16.8 Å². The molecular formula is C23H40N2O7S. The van der Waals surface area contributed by atoms with Crippen molar-refractivity contribution in [3.05, 3.63) is 0 Å². The van der Waals surface area contributed by atoms with E-state index in [-0.39, 0.29) is 43.5 Å². The first kappa shape index (κ1) is 26.5. The normalized spacial score (nSPS) is 47.1. The molecule has 33 heavy (non-hydrogen) atoms. The molecule has 9 nitrogen and oxygen atoms in total. The number of aliphatic hydroxyl groups excluding tert-OH is 1. The van der Waals surface area contributed by atoms with E-state index in [4.69, 9.17) is 4.74 Å². The Labute approximate surface area is 200 Å². The fourth-order valence-electron chi connectivity index (χ4n) is 5.83. The van der Waals surface area contributed by atoms with Gasteiger partial charge in [0, 0.05) is 28.3 Å². The zero-order valence-electron chi connectivity index (χ0n) is 20.3. The van der Waals surface area contributed by atoms with Crippen molar-refractivity contribution in [2.75, 3.05) is 19.0 Å². The topological polar surface area (TPSA) is 148 Å². The van der Waals surface area contributed by atoms with E-state index < -0.39 is 34.2 Å². The van der Waals surface area contributed by atoms with Gasteiger partial charge in [0.05, 0.1) is 25.3 Å². The summed E-state index contributed by atoms with van der Waals surface area (Å²) in [4.78, 5) is 23.9. The van der Waals surface area contributed by atoms with Gasteiger partial charge in [-0.2, -0.15) is 11.8 Å². The van der Waals surface area contributed by atoms with Crippen LogP contribution >= 0.6 is 11.8 Å². The van der Waals surface area contributed by atoms with E-state index in [1.165, 1.54) is 20.8 Å². The van der Waals surface area contributed by atoms with Crippen LogP contribution in [-0.2, 0) is 9.53 Å². The van der Waals surface area contributed by atoms with E-state index in [9.17, 15) is 30.0 Å². The molecule has 3 rings (SSSR count). The zero-order valence-corrected chi connectivity index (χ0v) is 21.1. The Hall–Kier alpha value is -1.07. The van der Waals surface area contributed by atoms with Crippen LogP contribution in [0.25, 0.3) is 0 Å². The molecule has 4 unspecified atom stereocenters. The number of esters is 1. The third-order valence-corrected chi connectivity index (χ3v) is 10.5. The molecule has 0 aromatic heterocycles. The molecule has 2 heterocycles. The lowest BCUT2D eigenvalue weighted by Crippen LogP contribution is -2.79. The van der Waals surface area contributed by atoms with Crippen molar-refractivity contribution in [1.29, 1.82) is 0 Å². The standard InChI is InChI=1S/C23H40N2O7S/c1-19(12-26)11-20(2,22(4,30)23(5,31)21(19,3)29)13-32-16(27)9-7-6-8-15-17-14(10-33-15)24-18(28)25-17/h14-15,17,26,29-31H,6-13H2,1-5H3,(H2,24,25,28)/t14-,15?,17-,19?,20-,21+,22?,23?/m0/s1. The Morgan fingerprint density at radius 3 is 2.30 bits per heavy atom. The van der Waals surface area contributed by atoms with E-state index in [0.29, 0.717) is 11.7 Å². The van der Waals surface area contributed by atoms with Gasteiger partial charge in [0.25, 0.3) is 0 Å². The predicted octanol–water partition coefficient (Wildman–Crippen LogP) is 0.917. The van der Waals surface area contributed by atoms with E-state index >= 15 is 0 Å². The number of carbonyl (C=O) groups is 2. The average molecular weight is 489 g/mol. The monoisotopic (exact) mass is 488 g/mol. The highest BCUT2D eigenvalue weighted by molar-refractivity contribution is 8.00. The molecule has 1 saturated carbocycles. The number of aliphatic hydroxyl groups is 4. The molecule has 190 valence electrons. The molecule has 0 radical (unpaired) electrons. The fourth-order valence-corrected chi connectivity index (χ4v) is 7.37. The molecule has 10 heteroatoms. The lowest BCUT2D eigenvalue weighted by molar-refractivity contribution is -0.340. The molecule has 3 fully saturated rings. The highest BCUT2D eigenvalue weighted by Crippen LogP contribution is 2.60. The van der Waals surface area contributed by atoms with Crippen molar-refractivity contribution in [3.63, 3.8) is 0 Å². The lowest BCUT2D eigenvalue weighted by atomic mass is 9.45. The SMILES string of the molecule is CC1(O)C(C)(O)[C@](C)(O)C(C)(CO)C[C@@]1(C)COC(=O)CCCCC1SC[C@@H]2NC(=O)N[C@H]12. The maximum Gasteiger partial charge on any atom is 0.315 e. The van der Waals surface area contributed by atoms with Crippen molar-refractivity contribution in [2.24, 2.45) is 10.8 Å². The van der Waals surface area contributed by atoms with Crippen molar-refractivity contribution in [1.82, 2.24) is 10.6 Å². The van der Waals surface area contributed by atoms with Gasteiger partial charge in [-0.25, -0.2) is 4.79 Å². The summed E-state index contributed by atoms with van der Waals surface area (Å²) < 4.78 is 5.53. The average Bonchev–Trinajstić information content (AvgIpc) is 3.27. The molecule has 0 spiro atoms. The van der Waals surface area contributed by atoms with Gasteiger partial charge in [-0.15, -0.1) is 0 Å². The minimum atomic E-state index is -1.96. The molecule has 3 aliphatic rings. The number of urea groups is 1. The Balaban J connectivity index is 1.52. The minimum absolute atomic E-state index is 0.108.